The summed E-state index contributed by atoms with van der Waals surface area (Å²) in [5, 5.41) is 3.35. The first-order chi connectivity index (χ1) is 12.6. The molecule has 0 aliphatic carbocycles. The lowest BCUT2D eigenvalue weighted by Crippen LogP contribution is -2.22. The minimum atomic E-state index is 0.666. The third-order valence-corrected chi connectivity index (χ3v) is 4.42. The summed E-state index contributed by atoms with van der Waals surface area (Å²) in [6.07, 6.45) is 4.61. The number of hydrogen-bond acceptors (Lipinski definition) is 5. The summed E-state index contributed by atoms with van der Waals surface area (Å²) in [7, 11) is 2.06. The van der Waals surface area contributed by atoms with Crippen molar-refractivity contribution in [3.63, 3.8) is 0 Å². The van der Waals surface area contributed by atoms with Crippen LogP contribution in [-0.2, 0) is 13.0 Å². The van der Waals surface area contributed by atoms with E-state index in [4.69, 9.17) is 0 Å². The zero-order valence-electron chi connectivity index (χ0n) is 15.6. The average molecular weight is 347 g/mol. The Morgan fingerprint density at radius 3 is 2.54 bits per heavy atom. The van der Waals surface area contributed by atoms with Crippen LogP contribution in [0.15, 0.2) is 54.9 Å². The quantitative estimate of drug-likeness (QED) is 0.705. The number of anilines is 2. The molecule has 134 valence electrons. The first kappa shape index (κ1) is 17.9. The molecule has 0 fully saturated rings. The summed E-state index contributed by atoms with van der Waals surface area (Å²) >= 11 is 0. The van der Waals surface area contributed by atoms with Crippen molar-refractivity contribution in [2.24, 2.45) is 0 Å². The van der Waals surface area contributed by atoms with Gasteiger partial charge in [-0.1, -0.05) is 24.3 Å². The zero-order valence-corrected chi connectivity index (χ0v) is 15.6. The highest BCUT2D eigenvalue weighted by Crippen LogP contribution is 2.16. The second kappa shape index (κ2) is 8.43. The number of rotatable bonds is 7. The minimum Gasteiger partial charge on any atom is -0.359 e. The largest absolute Gasteiger partial charge is 0.359 e. The van der Waals surface area contributed by atoms with Crippen LogP contribution in [0.1, 0.15) is 22.4 Å². The minimum absolute atomic E-state index is 0.666. The topological polar surface area (TPSA) is 53.9 Å². The number of hydrogen-bond donors (Lipinski definition) is 1. The Bertz CT molecular complexity index is 848. The highest BCUT2D eigenvalue weighted by Gasteiger charge is 2.08. The zero-order chi connectivity index (χ0) is 18.4. The molecule has 2 heterocycles. The number of pyridine rings is 1. The van der Waals surface area contributed by atoms with Crippen molar-refractivity contribution in [3.8, 4) is 0 Å². The van der Waals surface area contributed by atoms with Crippen LogP contribution in [0.25, 0.3) is 0 Å². The molecule has 0 aliphatic heterocycles. The van der Waals surface area contributed by atoms with E-state index in [-0.39, 0.29) is 0 Å². The number of aryl methyl sites for hydroxylation is 2. The molecule has 0 aliphatic rings. The van der Waals surface area contributed by atoms with E-state index in [9.17, 15) is 0 Å². The van der Waals surface area contributed by atoms with Gasteiger partial charge in [-0.3, -0.25) is 4.98 Å². The van der Waals surface area contributed by atoms with Crippen LogP contribution >= 0.6 is 0 Å². The molecule has 0 radical (unpaired) electrons. The van der Waals surface area contributed by atoms with Crippen LogP contribution in [0.3, 0.4) is 0 Å². The molecule has 3 aromatic rings. The van der Waals surface area contributed by atoms with E-state index in [0.29, 0.717) is 5.95 Å². The second-order valence-electron chi connectivity index (χ2n) is 6.50. The molecule has 5 heteroatoms. The van der Waals surface area contributed by atoms with Gasteiger partial charge in [0, 0.05) is 44.3 Å². The first-order valence-electron chi connectivity index (χ1n) is 8.86. The molecule has 0 bridgehead atoms. The van der Waals surface area contributed by atoms with Crippen LogP contribution in [0.5, 0.6) is 0 Å². The maximum absolute atomic E-state index is 4.68. The van der Waals surface area contributed by atoms with Crippen LogP contribution in [0, 0.1) is 13.8 Å². The van der Waals surface area contributed by atoms with E-state index >= 15 is 0 Å². The van der Waals surface area contributed by atoms with Gasteiger partial charge in [0.2, 0.25) is 5.95 Å². The normalized spacial score (nSPS) is 10.6. The fourth-order valence-corrected chi connectivity index (χ4v) is 2.77. The number of nitrogens with one attached hydrogen (secondary N) is 1. The Morgan fingerprint density at radius 2 is 1.77 bits per heavy atom. The van der Waals surface area contributed by atoms with Crippen LogP contribution in [0.2, 0.25) is 0 Å². The van der Waals surface area contributed by atoms with Gasteiger partial charge >= 0.3 is 0 Å². The molecule has 26 heavy (non-hydrogen) atoms. The number of benzene rings is 1. The number of likely N-dealkylation sites (N-methyl/N-ethyl adjacent to an activating group) is 1. The van der Waals surface area contributed by atoms with Gasteiger partial charge in [-0.25, -0.2) is 4.98 Å². The lowest BCUT2D eigenvalue weighted by atomic mass is 10.1. The molecule has 1 N–H and O–H groups in total. The molecule has 3 rings (SSSR count). The smallest absolute Gasteiger partial charge is 0.225 e. The van der Waals surface area contributed by atoms with Crippen molar-refractivity contribution in [3.05, 3.63) is 77.2 Å². The van der Waals surface area contributed by atoms with E-state index in [2.05, 4.69) is 63.4 Å². The summed E-state index contributed by atoms with van der Waals surface area (Å²) < 4.78 is 0. The van der Waals surface area contributed by atoms with Crippen LogP contribution in [0.4, 0.5) is 11.8 Å². The molecule has 1 aromatic carbocycles. The summed E-state index contributed by atoms with van der Waals surface area (Å²) in [6.45, 7) is 5.72. The highest BCUT2D eigenvalue weighted by molar-refractivity contribution is 5.44. The van der Waals surface area contributed by atoms with E-state index < -0.39 is 0 Å². The maximum atomic E-state index is 4.68. The van der Waals surface area contributed by atoms with Crippen LogP contribution in [-0.4, -0.2) is 28.5 Å². The maximum Gasteiger partial charge on any atom is 0.225 e. The molecule has 0 spiro atoms. The first-order valence-corrected chi connectivity index (χ1v) is 8.86. The Labute approximate surface area is 155 Å². The average Bonchev–Trinajstić information content (AvgIpc) is 2.66. The van der Waals surface area contributed by atoms with Crippen molar-refractivity contribution in [2.45, 2.75) is 26.8 Å². The summed E-state index contributed by atoms with van der Waals surface area (Å²) in [5.41, 5.74) is 4.75. The van der Waals surface area contributed by atoms with Gasteiger partial charge in [0.15, 0.2) is 0 Å². The number of aromatic nitrogens is 3. The molecule has 0 unspecified atom stereocenters. The molecule has 0 saturated carbocycles. The molecule has 0 amide bonds. The van der Waals surface area contributed by atoms with Crippen LogP contribution < -0.4 is 10.2 Å². The van der Waals surface area contributed by atoms with Gasteiger partial charge < -0.3 is 10.2 Å². The van der Waals surface area contributed by atoms with E-state index in [1.165, 1.54) is 16.7 Å². The highest BCUT2D eigenvalue weighted by atomic mass is 15.2. The van der Waals surface area contributed by atoms with Crippen molar-refractivity contribution in [1.82, 2.24) is 15.0 Å². The Hall–Kier alpha value is -2.95. The lowest BCUT2D eigenvalue weighted by molar-refractivity contribution is 0.850. The summed E-state index contributed by atoms with van der Waals surface area (Å²) in [6, 6.07) is 14.5. The van der Waals surface area contributed by atoms with Crippen molar-refractivity contribution < 1.29 is 0 Å². The van der Waals surface area contributed by atoms with Gasteiger partial charge in [0.05, 0.1) is 0 Å². The second-order valence-corrected chi connectivity index (χ2v) is 6.50. The fraction of sp³-hybridized carbons (Fsp3) is 0.286. The van der Waals surface area contributed by atoms with Crippen molar-refractivity contribution in [1.29, 1.82) is 0 Å². The lowest BCUT2D eigenvalue weighted by Gasteiger charge is -2.19. The molecule has 0 atom stereocenters. The Balaban J connectivity index is 1.65. The molecular formula is C21H25N5. The van der Waals surface area contributed by atoms with Gasteiger partial charge in [-0.15, -0.1) is 0 Å². The van der Waals surface area contributed by atoms with E-state index in [0.717, 1.165) is 31.0 Å². The van der Waals surface area contributed by atoms with E-state index in [1.54, 1.807) is 0 Å². The molecular weight excluding hydrogens is 322 g/mol. The third kappa shape index (κ3) is 4.79. The summed E-state index contributed by atoms with van der Waals surface area (Å²) in [5.74, 6) is 1.60. The Kier molecular flexibility index (Phi) is 5.79. The fourth-order valence-electron chi connectivity index (χ4n) is 2.77. The number of nitrogens with zero attached hydrogens (tertiary/aromatic N) is 4. The Morgan fingerprint density at radius 1 is 1.00 bits per heavy atom. The monoisotopic (exact) mass is 347 g/mol. The van der Waals surface area contributed by atoms with Gasteiger partial charge in [-0.05, 0) is 49.1 Å². The van der Waals surface area contributed by atoms with Gasteiger partial charge in [-0.2, -0.15) is 4.98 Å². The predicted octanol–water partition coefficient (Wildman–Crippen LogP) is 3.78. The van der Waals surface area contributed by atoms with Crippen molar-refractivity contribution in [2.75, 3.05) is 23.8 Å². The summed E-state index contributed by atoms with van der Waals surface area (Å²) in [4.78, 5) is 15.4. The van der Waals surface area contributed by atoms with E-state index in [1.807, 2.05) is 37.5 Å². The van der Waals surface area contributed by atoms with Crippen molar-refractivity contribution >= 4 is 11.8 Å². The molecule has 0 saturated heterocycles. The SMILES string of the molecule is Cc1cc(N(C)CCc2ccncc2)nc(NCc2ccccc2C)n1. The van der Waals surface area contributed by atoms with Gasteiger partial charge in [0.1, 0.15) is 5.82 Å². The van der Waals surface area contributed by atoms with Gasteiger partial charge in [0.25, 0.3) is 0 Å². The standard InChI is InChI=1S/C21H25N5/c1-16-6-4-5-7-19(16)15-23-21-24-17(2)14-20(25-21)26(3)13-10-18-8-11-22-12-9-18/h4-9,11-12,14H,10,13,15H2,1-3H3,(H,23,24,25). The molecule has 2 aromatic heterocycles. The third-order valence-electron chi connectivity index (χ3n) is 4.42. The molecule has 5 nitrogen and oxygen atoms in total. The predicted molar refractivity (Wildman–Crippen MR) is 106 cm³/mol.